The first-order valence-electron chi connectivity index (χ1n) is 4.44. The summed E-state index contributed by atoms with van der Waals surface area (Å²) in [7, 11) is 0. The lowest BCUT2D eigenvalue weighted by molar-refractivity contribution is 0.0772. The Labute approximate surface area is 91.0 Å². The van der Waals surface area contributed by atoms with Crippen LogP contribution in [-0.2, 0) is 0 Å². The van der Waals surface area contributed by atoms with Gasteiger partial charge in [-0.1, -0.05) is 12.1 Å². The van der Waals surface area contributed by atoms with E-state index in [9.17, 15) is 9.59 Å². The van der Waals surface area contributed by atoms with Crippen LogP contribution < -0.4 is 0 Å². The Kier molecular flexibility index (Phi) is 2.50. The summed E-state index contributed by atoms with van der Waals surface area (Å²) in [4.78, 5) is 23.4. The van der Waals surface area contributed by atoms with Crippen molar-refractivity contribution in [2.75, 3.05) is 0 Å². The molecule has 0 aromatic heterocycles. The Morgan fingerprint density at radius 3 is 2.07 bits per heavy atom. The van der Waals surface area contributed by atoms with Crippen molar-refractivity contribution in [3.8, 4) is 0 Å². The van der Waals surface area contributed by atoms with Crippen LogP contribution in [0.3, 0.4) is 0 Å². The number of hydrogen-bond acceptors (Lipinski definition) is 4. The number of aliphatic hydroxyl groups is 1. The van der Waals surface area contributed by atoms with Crippen LogP contribution in [0.4, 0.5) is 0 Å². The lowest BCUT2D eigenvalue weighted by Crippen LogP contribution is -2.24. The quantitative estimate of drug-likeness (QED) is 0.466. The highest BCUT2D eigenvalue weighted by molar-refractivity contribution is 7.98. The topological polar surface area (TPSA) is 57.6 Å². The van der Waals surface area contributed by atoms with Crippen molar-refractivity contribution >= 4 is 23.8 Å². The van der Waals surface area contributed by atoms with E-state index in [-0.39, 0.29) is 11.8 Å². The molecule has 1 aliphatic heterocycles. The lowest BCUT2D eigenvalue weighted by Gasteiger charge is -2.13. The number of carbonyl (C=O) groups excluding carboxylic acids is 2. The maximum atomic E-state index is 11.7. The van der Waals surface area contributed by atoms with E-state index in [2.05, 4.69) is 0 Å². The number of carbonyl (C=O) groups is 2. The minimum Gasteiger partial charge on any atom is -0.381 e. The van der Waals surface area contributed by atoms with Crippen molar-refractivity contribution in [1.29, 1.82) is 0 Å². The first kappa shape index (κ1) is 10.2. The molecule has 78 valence electrons. The van der Waals surface area contributed by atoms with Gasteiger partial charge in [0.05, 0.1) is 11.1 Å². The second-order valence-corrected chi connectivity index (χ2v) is 4.41. The van der Waals surface area contributed by atoms with Crippen LogP contribution >= 0.6 is 11.9 Å². The van der Waals surface area contributed by atoms with Gasteiger partial charge in [-0.05, 0) is 31.0 Å². The molecule has 0 saturated heterocycles. The third-order valence-electron chi connectivity index (χ3n) is 2.01. The second kappa shape index (κ2) is 3.67. The predicted octanol–water partition coefficient (Wildman–Crippen LogP) is 1.27. The van der Waals surface area contributed by atoms with Gasteiger partial charge in [0.1, 0.15) is 5.44 Å². The zero-order valence-electron chi connectivity index (χ0n) is 8.01. The van der Waals surface area contributed by atoms with Crippen molar-refractivity contribution in [3.63, 3.8) is 0 Å². The van der Waals surface area contributed by atoms with Crippen molar-refractivity contribution in [1.82, 2.24) is 4.31 Å². The van der Waals surface area contributed by atoms with Gasteiger partial charge in [-0.25, -0.2) is 4.31 Å². The number of fused-ring (bicyclic) bond motifs is 1. The van der Waals surface area contributed by atoms with Gasteiger partial charge in [0, 0.05) is 0 Å². The van der Waals surface area contributed by atoms with Crippen LogP contribution in [0.15, 0.2) is 24.3 Å². The number of aliphatic hydroxyl groups excluding tert-OH is 1. The first-order valence-corrected chi connectivity index (χ1v) is 5.27. The molecule has 2 amide bonds. The van der Waals surface area contributed by atoms with E-state index in [4.69, 9.17) is 5.11 Å². The molecule has 0 aliphatic carbocycles. The van der Waals surface area contributed by atoms with Gasteiger partial charge < -0.3 is 5.11 Å². The highest BCUT2D eigenvalue weighted by Gasteiger charge is 2.36. The molecule has 4 nitrogen and oxygen atoms in total. The minimum atomic E-state index is -0.785. The van der Waals surface area contributed by atoms with Crippen molar-refractivity contribution in [3.05, 3.63) is 35.4 Å². The minimum absolute atomic E-state index is 0.360. The smallest absolute Gasteiger partial charge is 0.271 e. The summed E-state index contributed by atoms with van der Waals surface area (Å²) in [5, 5.41) is 9.14. The molecule has 0 spiro atoms. The van der Waals surface area contributed by atoms with Gasteiger partial charge in [-0.2, -0.15) is 0 Å². The van der Waals surface area contributed by atoms with Gasteiger partial charge in [0.2, 0.25) is 0 Å². The third kappa shape index (κ3) is 1.64. The molecule has 0 radical (unpaired) electrons. The summed E-state index contributed by atoms with van der Waals surface area (Å²) in [6.07, 6.45) is 0. The molecular formula is C10H9NO3S. The standard InChI is InChI=1S/C10H9NO3S/c1-6(12)15-11-9(13)7-4-2-3-5-8(7)10(11)14/h2-6,12H,1H3. The van der Waals surface area contributed by atoms with E-state index in [1.165, 1.54) is 6.92 Å². The van der Waals surface area contributed by atoms with Crippen LogP contribution in [0.2, 0.25) is 0 Å². The van der Waals surface area contributed by atoms with Gasteiger partial charge in [0.15, 0.2) is 0 Å². The highest BCUT2D eigenvalue weighted by atomic mass is 32.2. The summed E-state index contributed by atoms with van der Waals surface area (Å²) in [6.45, 7) is 1.51. The number of imide groups is 1. The van der Waals surface area contributed by atoms with Crippen LogP contribution in [0.25, 0.3) is 0 Å². The molecule has 1 unspecified atom stereocenters. The first-order chi connectivity index (χ1) is 7.11. The van der Waals surface area contributed by atoms with Gasteiger partial charge in [0.25, 0.3) is 11.8 Å². The van der Waals surface area contributed by atoms with Crippen LogP contribution in [-0.4, -0.2) is 26.7 Å². The number of rotatable bonds is 2. The zero-order valence-corrected chi connectivity index (χ0v) is 8.82. The lowest BCUT2D eigenvalue weighted by atomic mass is 10.1. The van der Waals surface area contributed by atoms with E-state index >= 15 is 0 Å². The average molecular weight is 223 g/mol. The molecule has 0 saturated carbocycles. The fourth-order valence-electron chi connectivity index (χ4n) is 1.42. The summed E-state index contributed by atoms with van der Waals surface area (Å²) >= 11 is 0.825. The van der Waals surface area contributed by atoms with Crippen molar-refractivity contribution in [2.24, 2.45) is 0 Å². The second-order valence-electron chi connectivity index (χ2n) is 3.15. The fourth-order valence-corrected chi connectivity index (χ4v) is 2.11. The summed E-state index contributed by atoms with van der Waals surface area (Å²) in [6, 6.07) is 6.64. The number of nitrogens with zero attached hydrogens (tertiary/aromatic N) is 1. The molecular weight excluding hydrogens is 214 g/mol. The number of amides is 2. The number of hydrogen-bond donors (Lipinski definition) is 1. The van der Waals surface area contributed by atoms with Gasteiger partial charge in [-0.15, -0.1) is 0 Å². The number of benzene rings is 1. The average Bonchev–Trinajstić information content (AvgIpc) is 2.44. The Morgan fingerprint density at radius 1 is 1.20 bits per heavy atom. The van der Waals surface area contributed by atoms with Gasteiger partial charge >= 0.3 is 0 Å². The maximum absolute atomic E-state index is 11.7. The van der Waals surface area contributed by atoms with E-state index in [0.717, 1.165) is 16.3 Å². The summed E-state index contributed by atoms with van der Waals surface area (Å²) < 4.78 is 0.995. The Hall–Kier alpha value is -1.33. The molecule has 1 atom stereocenters. The third-order valence-corrected chi connectivity index (χ3v) is 2.86. The van der Waals surface area contributed by atoms with Crippen molar-refractivity contribution in [2.45, 2.75) is 12.4 Å². The van der Waals surface area contributed by atoms with Gasteiger partial charge in [-0.3, -0.25) is 9.59 Å². The van der Waals surface area contributed by atoms with E-state index in [1.54, 1.807) is 24.3 Å². The fraction of sp³-hybridized carbons (Fsp3) is 0.200. The normalized spacial score (nSPS) is 16.8. The summed E-state index contributed by atoms with van der Waals surface area (Å²) in [5.74, 6) is -0.719. The molecule has 1 aromatic rings. The van der Waals surface area contributed by atoms with E-state index in [1.807, 2.05) is 0 Å². The Bertz CT molecular complexity index is 395. The van der Waals surface area contributed by atoms with Crippen LogP contribution in [0.1, 0.15) is 27.6 Å². The van der Waals surface area contributed by atoms with Crippen LogP contribution in [0, 0.1) is 0 Å². The largest absolute Gasteiger partial charge is 0.381 e. The van der Waals surface area contributed by atoms with E-state index in [0.29, 0.717) is 11.1 Å². The Morgan fingerprint density at radius 2 is 1.67 bits per heavy atom. The Balaban J connectivity index is 2.37. The highest BCUT2D eigenvalue weighted by Crippen LogP contribution is 2.29. The molecule has 1 aliphatic rings. The molecule has 1 N–H and O–H groups in total. The van der Waals surface area contributed by atoms with E-state index < -0.39 is 5.44 Å². The monoisotopic (exact) mass is 223 g/mol. The molecule has 5 heteroatoms. The molecule has 1 aromatic carbocycles. The molecule has 15 heavy (non-hydrogen) atoms. The zero-order chi connectivity index (χ0) is 11.0. The maximum Gasteiger partial charge on any atom is 0.271 e. The SMILES string of the molecule is CC(O)SN1C(=O)c2ccccc2C1=O. The molecule has 0 fully saturated rings. The molecule has 0 bridgehead atoms. The molecule has 2 rings (SSSR count). The molecule has 1 heterocycles. The van der Waals surface area contributed by atoms with Crippen LogP contribution in [0.5, 0.6) is 0 Å². The van der Waals surface area contributed by atoms with Crippen molar-refractivity contribution < 1.29 is 14.7 Å². The summed E-state index contributed by atoms with van der Waals surface area (Å²) in [5.41, 5.74) is 0.0125. The predicted molar refractivity (Wildman–Crippen MR) is 56.2 cm³/mol.